The Morgan fingerprint density at radius 2 is 2.00 bits per heavy atom. The highest BCUT2D eigenvalue weighted by Crippen LogP contribution is 2.30. The Morgan fingerprint density at radius 3 is 2.77 bits per heavy atom. The first-order chi connectivity index (χ1) is 14.6. The van der Waals surface area contributed by atoms with E-state index in [4.69, 9.17) is 16.3 Å². The van der Waals surface area contributed by atoms with E-state index >= 15 is 0 Å². The Labute approximate surface area is 183 Å². The van der Waals surface area contributed by atoms with E-state index in [1.807, 2.05) is 66.2 Å². The smallest absolute Gasteiger partial charge is 0.267 e. The zero-order valence-electron chi connectivity index (χ0n) is 16.2. The van der Waals surface area contributed by atoms with Crippen LogP contribution >= 0.6 is 22.9 Å². The van der Waals surface area contributed by atoms with E-state index in [-0.39, 0.29) is 5.91 Å². The van der Waals surface area contributed by atoms with E-state index in [0.29, 0.717) is 40.2 Å². The van der Waals surface area contributed by atoms with Crippen LogP contribution in [0.4, 0.5) is 5.69 Å². The molecule has 1 amide bonds. The molecular weight excluding hydrogens is 420 g/mol. The topological polar surface area (TPSA) is 69.0 Å². The summed E-state index contributed by atoms with van der Waals surface area (Å²) in [6.07, 6.45) is 5.34. The van der Waals surface area contributed by atoms with Crippen molar-refractivity contribution in [2.24, 2.45) is 0 Å². The lowest BCUT2D eigenvalue weighted by atomic mass is 10.2. The van der Waals surface area contributed by atoms with Crippen molar-refractivity contribution >= 4 is 34.5 Å². The van der Waals surface area contributed by atoms with Gasteiger partial charge in [-0.3, -0.25) is 4.79 Å². The van der Waals surface area contributed by atoms with Gasteiger partial charge in [0.25, 0.3) is 5.91 Å². The fraction of sp³-hybridized carbons (Fsp3) is 0.136. The van der Waals surface area contributed by atoms with Crippen molar-refractivity contribution in [3.8, 4) is 16.3 Å². The summed E-state index contributed by atoms with van der Waals surface area (Å²) in [5.74, 6) is 0.405. The Bertz CT molecular complexity index is 1140. The summed E-state index contributed by atoms with van der Waals surface area (Å²) in [5.41, 5.74) is 2.23. The lowest BCUT2D eigenvalue weighted by molar-refractivity contribution is 0.102. The van der Waals surface area contributed by atoms with Crippen molar-refractivity contribution in [3.63, 3.8) is 0 Å². The SMILES string of the molecule is Cc1nc(-c2ccc(Cl)cc2)sc1C(=O)Nc1ccccc1OCCn1ccnc1. The number of carbonyl (C=O) groups is 1. The molecule has 0 atom stereocenters. The van der Waals surface area contributed by atoms with Crippen LogP contribution in [0.3, 0.4) is 0 Å². The molecule has 152 valence electrons. The van der Waals surface area contributed by atoms with Gasteiger partial charge in [0.1, 0.15) is 22.2 Å². The zero-order valence-corrected chi connectivity index (χ0v) is 17.8. The number of amides is 1. The van der Waals surface area contributed by atoms with Gasteiger partial charge in [0, 0.05) is 23.0 Å². The van der Waals surface area contributed by atoms with Gasteiger partial charge in [0.15, 0.2) is 0 Å². The number of anilines is 1. The van der Waals surface area contributed by atoms with Crippen LogP contribution in [-0.2, 0) is 6.54 Å². The standard InChI is InChI=1S/C22H19ClN4O2S/c1-15-20(30-22(25-15)16-6-8-17(23)9-7-16)21(28)26-18-4-2-3-5-19(18)29-13-12-27-11-10-24-14-27/h2-11,14H,12-13H2,1H3,(H,26,28). The molecule has 0 aliphatic rings. The Balaban J connectivity index is 1.47. The van der Waals surface area contributed by atoms with E-state index in [9.17, 15) is 4.79 Å². The molecule has 2 aromatic carbocycles. The second-order valence-electron chi connectivity index (χ2n) is 6.54. The Hall–Kier alpha value is -3.16. The molecule has 0 aliphatic heterocycles. The molecule has 0 aliphatic carbocycles. The summed E-state index contributed by atoms with van der Waals surface area (Å²) < 4.78 is 7.81. The van der Waals surface area contributed by atoms with Gasteiger partial charge < -0.3 is 14.6 Å². The highest BCUT2D eigenvalue weighted by Gasteiger charge is 2.18. The van der Waals surface area contributed by atoms with Crippen LogP contribution < -0.4 is 10.1 Å². The van der Waals surface area contributed by atoms with E-state index in [0.717, 1.165) is 10.6 Å². The highest BCUT2D eigenvalue weighted by atomic mass is 35.5. The summed E-state index contributed by atoms with van der Waals surface area (Å²) in [6.45, 7) is 2.96. The van der Waals surface area contributed by atoms with Gasteiger partial charge in [-0.1, -0.05) is 35.9 Å². The number of nitrogens with zero attached hydrogens (tertiary/aromatic N) is 3. The number of aromatic nitrogens is 3. The molecule has 6 nitrogen and oxygen atoms in total. The van der Waals surface area contributed by atoms with Gasteiger partial charge in [-0.05, 0) is 31.2 Å². The van der Waals surface area contributed by atoms with Crippen LogP contribution in [0.5, 0.6) is 5.75 Å². The molecule has 0 radical (unpaired) electrons. The number of thiazole rings is 1. The maximum Gasteiger partial charge on any atom is 0.267 e. The van der Waals surface area contributed by atoms with Crippen LogP contribution in [0.25, 0.3) is 10.6 Å². The second kappa shape index (κ2) is 9.11. The number of imidazole rings is 1. The summed E-state index contributed by atoms with van der Waals surface area (Å²) >= 11 is 7.31. The first-order valence-electron chi connectivity index (χ1n) is 9.32. The van der Waals surface area contributed by atoms with Crippen molar-refractivity contribution in [3.05, 3.63) is 82.8 Å². The number of aryl methyl sites for hydroxylation is 1. The predicted octanol–water partition coefficient (Wildman–Crippen LogP) is 5.30. The first-order valence-corrected chi connectivity index (χ1v) is 10.5. The molecule has 0 spiro atoms. The highest BCUT2D eigenvalue weighted by molar-refractivity contribution is 7.17. The summed E-state index contributed by atoms with van der Waals surface area (Å²) in [4.78, 5) is 22.0. The molecule has 0 fully saturated rings. The molecule has 0 unspecified atom stereocenters. The van der Waals surface area contributed by atoms with Crippen LogP contribution in [0.1, 0.15) is 15.4 Å². The van der Waals surface area contributed by atoms with Gasteiger partial charge in [0.2, 0.25) is 0 Å². The number of nitrogens with one attached hydrogen (secondary N) is 1. The number of para-hydroxylation sites is 2. The Kier molecular flexibility index (Phi) is 6.11. The normalized spacial score (nSPS) is 10.7. The number of ether oxygens (including phenoxy) is 1. The van der Waals surface area contributed by atoms with Crippen molar-refractivity contribution in [2.75, 3.05) is 11.9 Å². The molecule has 2 aromatic heterocycles. The summed E-state index contributed by atoms with van der Waals surface area (Å²) in [5, 5.41) is 4.39. The van der Waals surface area contributed by atoms with Crippen LogP contribution in [0.15, 0.2) is 67.3 Å². The van der Waals surface area contributed by atoms with Crippen molar-refractivity contribution in [1.82, 2.24) is 14.5 Å². The van der Waals surface area contributed by atoms with E-state index < -0.39 is 0 Å². The van der Waals surface area contributed by atoms with E-state index in [1.54, 1.807) is 12.5 Å². The molecule has 30 heavy (non-hydrogen) atoms. The average molecular weight is 439 g/mol. The number of carbonyl (C=O) groups excluding carboxylic acids is 1. The molecule has 0 saturated carbocycles. The minimum absolute atomic E-state index is 0.212. The third-order valence-corrected chi connectivity index (χ3v) is 5.85. The Morgan fingerprint density at radius 1 is 1.20 bits per heavy atom. The van der Waals surface area contributed by atoms with Crippen molar-refractivity contribution < 1.29 is 9.53 Å². The lowest BCUT2D eigenvalue weighted by Crippen LogP contribution is -2.13. The largest absolute Gasteiger partial charge is 0.490 e. The fourth-order valence-electron chi connectivity index (χ4n) is 2.88. The minimum atomic E-state index is -0.212. The summed E-state index contributed by atoms with van der Waals surface area (Å²) in [7, 11) is 0. The maximum atomic E-state index is 12.9. The van der Waals surface area contributed by atoms with Gasteiger partial charge in [0.05, 0.1) is 24.3 Å². The molecule has 1 N–H and O–H groups in total. The van der Waals surface area contributed by atoms with Crippen molar-refractivity contribution in [1.29, 1.82) is 0 Å². The third kappa shape index (κ3) is 4.69. The number of hydrogen-bond acceptors (Lipinski definition) is 5. The van der Waals surface area contributed by atoms with Crippen LogP contribution in [0, 0.1) is 6.92 Å². The molecule has 8 heteroatoms. The quantitative estimate of drug-likeness (QED) is 0.425. The van der Waals surface area contributed by atoms with Crippen LogP contribution in [0.2, 0.25) is 5.02 Å². The predicted molar refractivity (Wildman–Crippen MR) is 119 cm³/mol. The molecule has 2 heterocycles. The summed E-state index contributed by atoms with van der Waals surface area (Å²) in [6, 6.07) is 14.8. The van der Waals surface area contributed by atoms with E-state index in [2.05, 4.69) is 15.3 Å². The monoisotopic (exact) mass is 438 g/mol. The third-order valence-electron chi connectivity index (χ3n) is 4.40. The second-order valence-corrected chi connectivity index (χ2v) is 7.98. The average Bonchev–Trinajstić information content (AvgIpc) is 3.39. The molecule has 4 aromatic rings. The minimum Gasteiger partial charge on any atom is -0.490 e. The molecule has 4 rings (SSSR count). The van der Waals surface area contributed by atoms with Gasteiger partial charge in [-0.25, -0.2) is 9.97 Å². The van der Waals surface area contributed by atoms with Gasteiger partial charge in [-0.15, -0.1) is 11.3 Å². The number of halogens is 1. The number of hydrogen-bond donors (Lipinski definition) is 1. The molecule has 0 saturated heterocycles. The van der Waals surface area contributed by atoms with Crippen molar-refractivity contribution in [2.45, 2.75) is 13.5 Å². The number of rotatable bonds is 7. The van der Waals surface area contributed by atoms with E-state index in [1.165, 1.54) is 11.3 Å². The first kappa shape index (κ1) is 20.1. The fourth-order valence-corrected chi connectivity index (χ4v) is 3.97. The van der Waals surface area contributed by atoms with Gasteiger partial charge >= 0.3 is 0 Å². The molecular formula is C22H19ClN4O2S. The van der Waals surface area contributed by atoms with Crippen LogP contribution in [-0.4, -0.2) is 27.0 Å². The van der Waals surface area contributed by atoms with Gasteiger partial charge in [-0.2, -0.15) is 0 Å². The molecule has 0 bridgehead atoms. The maximum absolute atomic E-state index is 12.9. The lowest BCUT2D eigenvalue weighted by Gasteiger charge is -2.12. The zero-order chi connectivity index (χ0) is 20.9. The number of benzene rings is 2.